The molecule has 0 bridgehead atoms. The Balaban J connectivity index is 2.60. The van der Waals surface area contributed by atoms with E-state index in [9.17, 15) is 9.18 Å². The maximum absolute atomic E-state index is 13.7. The number of hydrogen-bond donors (Lipinski definition) is 1. The molecule has 1 N–H and O–H groups in total. The quantitative estimate of drug-likeness (QED) is 0.931. The monoisotopic (exact) mass is 276 g/mol. The molecule has 0 aromatic heterocycles. The van der Waals surface area contributed by atoms with E-state index < -0.39 is 11.8 Å². The van der Waals surface area contributed by atoms with Crippen LogP contribution in [-0.4, -0.2) is 25.3 Å². The predicted molar refractivity (Wildman–Crippen MR) is 71.9 cm³/mol. The number of rotatable bonds is 4. The van der Waals surface area contributed by atoms with E-state index in [2.05, 4.69) is 0 Å². The maximum atomic E-state index is 13.7. The van der Waals surface area contributed by atoms with Gasteiger partial charge in [-0.2, -0.15) is 0 Å². The highest BCUT2D eigenvalue weighted by Gasteiger charge is 2.16. The Labute approximate surface area is 115 Å². The number of hydrogen-bond acceptors (Lipinski definition) is 3. The van der Waals surface area contributed by atoms with Crippen LogP contribution < -0.4 is 9.47 Å². The summed E-state index contributed by atoms with van der Waals surface area (Å²) in [4.78, 5) is 11.2. The Bertz CT molecular complexity index is 652. The number of aromatic carboxylic acids is 1. The molecule has 104 valence electrons. The molecule has 0 aliphatic rings. The van der Waals surface area contributed by atoms with Crippen LogP contribution in [0.15, 0.2) is 36.4 Å². The summed E-state index contributed by atoms with van der Waals surface area (Å²) in [7, 11) is 2.76. The van der Waals surface area contributed by atoms with Gasteiger partial charge in [-0.3, -0.25) is 0 Å². The third kappa shape index (κ3) is 2.42. The molecule has 2 rings (SSSR count). The summed E-state index contributed by atoms with van der Waals surface area (Å²) in [5.41, 5.74) is 1.05. The van der Waals surface area contributed by atoms with Crippen LogP contribution in [0.2, 0.25) is 0 Å². The molecule has 0 unspecified atom stereocenters. The molecule has 0 saturated carbocycles. The lowest BCUT2D eigenvalue weighted by molar-refractivity contribution is 0.0693. The highest BCUT2D eigenvalue weighted by molar-refractivity contribution is 5.94. The number of methoxy groups -OCH3 is 2. The molecular formula is C15H13FO4. The van der Waals surface area contributed by atoms with Crippen LogP contribution in [0.5, 0.6) is 11.5 Å². The summed E-state index contributed by atoms with van der Waals surface area (Å²) in [6.45, 7) is 0. The number of benzene rings is 2. The lowest BCUT2D eigenvalue weighted by atomic mass is 10.0. The van der Waals surface area contributed by atoms with E-state index in [-0.39, 0.29) is 17.1 Å². The zero-order valence-corrected chi connectivity index (χ0v) is 11.0. The number of carbonyl (C=O) groups is 1. The molecule has 20 heavy (non-hydrogen) atoms. The smallest absolute Gasteiger partial charge is 0.339 e. The summed E-state index contributed by atoms with van der Waals surface area (Å²) < 4.78 is 23.8. The molecule has 0 aliphatic carbocycles. The molecule has 0 saturated heterocycles. The van der Waals surface area contributed by atoms with Crippen molar-refractivity contribution in [1.82, 2.24) is 0 Å². The summed E-state index contributed by atoms with van der Waals surface area (Å²) >= 11 is 0. The molecule has 2 aromatic rings. The summed E-state index contributed by atoms with van der Waals surface area (Å²) in [5, 5.41) is 9.13. The summed E-state index contributed by atoms with van der Waals surface area (Å²) in [5.74, 6) is -1.29. The number of para-hydroxylation sites is 1. The molecule has 4 nitrogen and oxygen atoms in total. The molecule has 0 spiro atoms. The van der Waals surface area contributed by atoms with Crippen LogP contribution in [0.3, 0.4) is 0 Å². The van der Waals surface area contributed by atoms with Crippen molar-refractivity contribution in [1.29, 1.82) is 0 Å². The van der Waals surface area contributed by atoms with Crippen molar-refractivity contribution in [2.24, 2.45) is 0 Å². The van der Waals surface area contributed by atoms with E-state index in [0.717, 1.165) is 0 Å². The van der Waals surface area contributed by atoms with Gasteiger partial charge in [-0.25, -0.2) is 9.18 Å². The zero-order chi connectivity index (χ0) is 14.7. The molecule has 0 heterocycles. The first kappa shape index (κ1) is 13.9. The van der Waals surface area contributed by atoms with Gasteiger partial charge in [0.2, 0.25) is 0 Å². The Morgan fingerprint density at radius 3 is 2.45 bits per heavy atom. The highest BCUT2D eigenvalue weighted by atomic mass is 19.1. The fraction of sp³-hybridized carbons (Fsp3) is 0.133. The SMILES string of the molecule is COc1ccc(-c2cccc(C(=O)O)c2OC)cc1F. The first-order valence-electron chi connectivity index (χ1n) is 5.82. The van der Waals surface area contributed by atoms with E-state index >= 15 is 0 Å². The topological polar surface area (TPSA) is 55.8 Å². The second-order valence-electron chi connectivity index (χ2n) is 4.04. The fourth-order valence-electron chi connectivity index (χ4n) is 1.99. The van der Waals surface area contributed by atoms with Crippen molar-refractivity contribution >= 4 is 5.97 Å². The first-order chi connectivity index (χ1) is 9.58. The van der Waals surface area contributed by atoms with Gasteiger partial charge in [0.15, 0.2) is 11.6 Å². The Morgan fingerprint density at radius 1 is 1.15 bits per heavy atom. The van der Waals surface area contributed by atoms with Crippen LogP contribution in [0.1, 0.15) is 10.4 Å². The maximum Gasteiger partial charge on any atom is 0.339 e. The Morgan fingerprint density at radius 2 is 1.90 bits per heavy atom. The minimum Gasteiger partial charge on any atom is -0.495 e. The number of carboxylic acids is 1. The molecular weight excluding hydrogens is 263 g/mol. The molecule has 0 aliphatic heterocycles. The molecule has 2 aromatic carbocycles. The molecule has 5 heteroatoms. The van der Waals surface area contributed by atoms with Gasteiger partial charge in [-0.05, 0) is 23.8 Å². The van der Waals surface area contributed by atoms with Crippen molar-refractivity contribution < 1.29 is 23.8 Å². The van der Waals surface area contributed by atoms with Crippen molar-refractivity contribution in [3.63, 3.8) is 0 Å². The lowest BCUT2D eigenvalue weighted by Gasteiger charge is -2.12. The minimum absolute atomic E-state index is 0.0289. The number of halogens is 1. The van der Waals surface area contributed by atoms with Crippen molar-refractivity contribution in [2.75, 3.05) is 14.2 Å². The largest absolute Gasteiger partial charge is 0.495 e. The standard InChI is InChI=1S/C15H13FO4/c1-19-13-7-6-9(8-12(13)16)10-4-3-5-11(15(17)18)14(10)20-2/h3-8H,1-2H3,(H,17,18). The van der Waals surface area contributed by atoms with Crippen LogP contribution in [0.25, 0.3) is 11.1 Å². The second-order valence-corrected chi connectivity index (χ2v) is 4.04. The van der Waals surface area contributed by atoms with Crippen molar-refractivity contribution in [3.8, 4) is 22.6 Å². The van der Waals surface area contributed by atoms with Crippen LogP contribution >= 0.6 is 0 Å². The van der Waals surface area contributed by atoms with Crippen LogP contribution in [0.4, 0.5) is 4.39 Å². The van der Waals surface area contributed by atoms with Gasteiger partial charge in [-0.1, -0.05) is 18.2 Å². The number of ether oxygens (including phenoxy) is 2. The normalized spacial score (nSPS) is 10.2. The Hall–Kier alpha value is -2.56. The average Bonchev–Trinajstić information content (AvgIpc) is 2.46. The second kappa shape index (κ2) is 5.61. The van der Waals surface area contributed by atoms with Gasteiger partial charge < -0.3 is 14.6 Å². The van der Waals surface area contributed by atoms with E-state index in [4.69, 9.17) is 14.6 Å². The first-order valence-corrected chi connectivity index (χ1v) is 5.82. The fourth-order valence-corrected chi connectivity index (χ4v) is 1.99. The van der Waals surface area contributed by atoms with Gasteiger partial charge in [0.05, 0.1) is 14.2 Å². The third-order valence-electron chi connectivity index (χ3n) is 2.91. The van der Waals surface area contributed by atoms with Crippen LogP contribution in [0, 0.1) is 5.82 Å². The highest BCUT2D eigenvalue weighted by Crippen LogP contribution is 2.34. The summed E-state index contributed by atoms with van der Waals surface area (Å²) in [6.07, 6.45) is 0. The predicted octanol–water partition coefficient (Wildman–Crippen LogP) is 3.21. The van der Waals surface area contributed by atoms with Crippen molar-refractivity contribution in [3.05, 3.63) is 47.8 Å². The molecule has 0 amide bonds. The molecule has 0 atom stereocenters. The van der Waals surface area contributed by atoms with Gasteiger partial charge in [0, 0.05) is 5.56 Å². The Kier molecular flexibility index (Phi) is 3.89. The van der Waals surface area contributed by atoms with Gasteiger partial charge in [0.25, 0.3) is 0 Å². The van der Waals surface area contributed by atoms with Crippen molar-refractivity contribution in [2.45, 2.75) is 0 Å². The van der Waals surface area contributed by atoms with Gasteiger partial charge in [0.1, 0.15) is 11.3 Å². The van der Waals surface area contributed by atoms with E-state index in [0.29, 0.717) is 11.1 Å². The molecule has 0 radical (unpaired) electrons. The third-order valence-corrected chi connectivity index (χ3v) is 2.91. The summed E-state index contributed by atoms with van der Waals surface area (Å²) in [6, 6.07) is 9.10. The van der Waals surface area contributed by atoms with E-state index in [1.165, 1.54) is 32.4 Å². The van der Waals surface area contributed by atoms with Gasteiger partial charge in [-0.15, -0.1) is 0 Å². The number of carboxylic acid groups (broad SMARTS) is 1. The minimum atomic E-state index is -1.10. The van der Waals surface area contributed by atoms with E-state index in [1.807, 2.05) is 0 Å². The zero-order valence-electron chi connectivity index (χ0n) is 11.0. The van der Waals surface area contributed by atoms with Gasteiger partial charge >= 0.3 is 5.97 Å². The van der Waals surface area contributed by atoms with E-state index in [1.54, 1.807) is 18.2 Å². The average molecular weight is 276 g/mol. The lowest BCUT2D eigenvalue weighted by Crippen LogP contribution is -2.01. The van der Waals surface area contributed by atoms with Crippen LogP contribution in [-0.2, 0) is 0 Å². The molecule has 0 fully saturated rings.